The van der Waals surface area contributed by atoms with Gasteiger partial charge in [-0.3, -0.25) is 30.0 Å². The fraction of sp³-hybridized carbons (Fsp3) is 0.114. The highest BCUT2D eigenvalue weighted by Gasteiger charge is 2.49. The molecule has 0 amide bonds. The molecule has 0 fully saturated rings. The van der Waals surface area contributed by atoms with Crippen LogP contribution in [0.5, 0.6) is 0 Å². The summed E-state index contributed by atoms with van der Waals surface area (Å²) in [5, 5.41) is 40.0. The number of aliphatic hydroxyl groups is 2. The summed E-state index contributed by atoms with van der Waals surface area (Å²) in [6.45, 7) is 9.43. The maximum atomic E-state index is 16.6. The molecule has 4 aliphatic carbocycles. The van der Waals surface area contributed by atoms with E-state index in [1.807, 2.05) is 0 Å². The van der Waals surface area contributed by atoms with Crippen LogP contribution in [0.1, 0.15) is 41.5 Å². The van der Waals surface area contributed by atoms with Crippen LogP contribution in [0.3, 0.4) is 0 Å². The number of rotatable bonds is 23. The Labute approximate surface area is 605 Å². The third-order valence-corrected chi connectivity index (χ3v) is 21.8. The number of aliphatic hydroxyl groups excluding tert-OH is 2. The van der Waals surface area contributed by atoms with Gasteiger partial charge in [0.25, 0.3) is 40.1 Å². The van der Waals surface area contributed by atoms with E-state index in [2.05, 4.69) is 80.2 Å². The third-order valence-electron chi connectivity index (χ3n) is 16.4. The fourth-order valence-corrected chi connectivity index (χ4v) is 15.3. The van der Waals surface area contributed by atoms with Crippen LogP contribution in [0, 0.1) is 11.8 Å². The molecule has 0 atom stereocenters. The van der Waals surface area contributed by atoms with Crippen molar-refractivity contribution in [1.82, 2.24) is 39.9 Å². The predicted octanol–water partition coefficient (Wildman–Crippen LogP) is 8.77. The van der Waals surface area contributed by atoms with Crippen LogP contribution in [0.25, 0.3) is 0 Å². The normalized spacial score (nSPS) is 16.9. The summed E-state index contributed by atoms with van der Waals surface area (Å²) in [5.74, 6) is -8.17. The number of hydrogen-bond donors (Lipinski definition) is 10. The first-order valence-corrected chi connectivity index (χ1v) is 37.7. The van der Waals surface area contributed by atoms with Crippen LogP contribution >= 0.6 is 0 Å². The van der Waals surface area contributed by atoms with Gasteiger partial charge in [-0.1, -0.05) is 27.7 Å². The highest BCUT2D eigenvalue weighted by atomic mass is 32.2. The maximum Gasteiger partial charge on any atom is 0.264 e. The minimum Gasteiger partial charge on any atom is -0.504 e. The minimum atomic E-state index is -4.27. The Bertz CT molecular complexity index is 5420. The van der Waals surface area contributed by atoms with Gasteiger partial charge in [-0.25, -0.2) is 92.4 Å². The molecule has 0 saturated carbocycles. The van der Waals surface area contributed by atoms with Crippen LogP contribution in [-0.4, -0.2) is 118 Å². The quantitative estimate of drug-likeness (QED) is 0.0162. The summed E-state index contributed by atoms with van der Waals surface area (Å²) in [6, 6.07) is 26.7. The molecule has 0 saturated heterocycles. The molecule has 12 rings (SSSR count). The summed E-state index contributed by atoms with van der Waals surface area (Å²) < 4.78 is 117. The number of nitrogens with zero attached hydrogens (tertiary/aromatic N) is 10. The molecule has 4 aromatic carbocycles. The van der Waals surface area contributed by atoms with Crippen molar-refractivity contribution in [2.24, 2.45) is 22.0 Å². The number of Topliss-reactive ketones (excluding diaryl/α,β-unsaturated/α-hetero) is 4. The number of aromatic nitrogens is 8. The zero-order chi connectivity index (χ0) is 75.6. The Morgan fingerprint density at radius 2 is 0.594 bits per heavy atom. The van der Waals surface area contributed by atoms with Crippen molar-refractivity contribution in [3.8, 4) is 0 Å². The topological polar surface area (TPSA) is 469 Å². The van der Waals surface area contributed by atoms with Crippen LogP contribution in [0.4, 0.5) is 46.5 Å². The molecule has 0 aliphatic heterocycles. The van der Waals surface area contributed by atoms with E-state index in [4.69, 9.17) is 10.2 Å². The first kappa shape index (κ1) is 72.7. The average Bonchev–Trinajstić information content (AvgIpc) is 0.706. The van der Waals surface area contributed by atoms with E-state index in [9.17, 15) is 43.9 Å². The zero-order valence-electron chi connectivity index (χ0n) is 56.4. The highest BCUT2D eigenvalue weighted by molar-refractivity contribution is 7.93. The summed E-state index contributed by atoms with van der Waals surface area (Å²) in [5.41, 5.74) is 2.88. The first-order chi connectivity index (χ1) is 50.5. The largest absolute Gasteiger partial charge is 0.504 e. The number of nitrogens with one attached hydrogen (secondary N) is 8. The molecule has 4 aromatic heterocycles. The highest BCUT2D eigenvalue weighted by Crippen LogP contribution is 2.48. The fourth-order valence-electron chi connectivity index (χ4n) is 11.5. The number of allylic oxidation sites excluding steroid dienone is 12. The molecule has 0 spiro atoms. The number of anilines is 8. The summed E-state index contributed by atoms with van der Waals surface area (Å²) in [7, 11) is -17.0. The maximum absolute atomic E-state index is 16.6. The summed E-state index contributed by atoms with van der Waals surface area (Å²) in [6.07, 6.45) is 12.9. The van der Waals surface area contributed by atoms with Crippen molar-refractivity contribution in [3.63, 3.8) is 0 Å². The number of hydrazone groups is 2. The van der Waals surface area contributed by atoms with E-state index in [-0.39, 0.29) is 111 Å². The predicted molar refractivity (Wildman–Crippen MR) is 391 cm³/mol. The van der Waals surface area contributed by atoms with Gasteiger partial charge in [0.15, 0.2) is 23.1 Å². The zero-order valence-corrected chi connectivity index (χ0v) is 59.6. The van der Waals surface area contributed by atoms with Crippen LogP contribution in [0.2, 0.25) is 0 Å². The Morgan fingerprint density at radius 1 is 0.349 bits per heavy atom. The minimum absolute atomic E-state index is 0.0758. The number of benzene rings is 4. The van der Waals surface area contributed by atoms with Gasteiger partial charge < -0.3 is 20.8 Å². The first-order valence-electron chi connectivity index (χ1n) is 31.7. The van der Waals surface area contributed by atoms with E-state index < -0.39 is 120 Å². The van der Waals surface area contributed by atoms with Crippen molar-refractivity contribution in [2.45, 2.75) is 61.1 Å². The van der Waals surface area contributed by atoms with Crippen molar-refractivity contribution >= 4 is 121 Å². The molecule has 32 nitrogen and oxygen atoms in total. The van der Waals surface area contributed by atoms with Gasteiger partial charge in [0, 0.05) is 118 Å². The number of hydrogen-bond acceptors (Lipinski definition) is 28. The Hall–Kier alpha value is -13.1. The van der Waals surface area contributed by atoms with Crippen molar-refractivity contribution < 1.29 is 63.1 Å². The molecule has 538 valence electrons. The van der Waals surface area contributed by atoms with Gasteiger partial charge in [0.1, 0.15) is 0 Å². The van der Waals surface area contributed by atoms with Crippen LogP contribution in [-0.2, 0) is 59.3 Å². The molecule has 106 heavy (non-hydrogen) atoms. The van der Waals surface area contributed by atoms with Gasteiger partial charge in [-0.2, -0.15) is 10.2 Å². The molecular formula is C70H60N18O14S4. The molecule has 36 heteroatoms. The van der Waals surface area contributed by atoms with Gasteiger partial charge in [-0.15, -0.1) is 0 Å². The average molecular weight is 1510 g/mol. The van der Waals surface area contributed by atoms with Gasteiger partial charge in [0.2, 0.25) is 35.4 Å². The number of carbonyl (C=O) groups is 4. The van der Waals surface area contributed by atoms with Crippen LogP contribution < -0.4 is 40.4 Å². The smallest absolute Gasteiger partial charge is 0.264 e. The lowest BCUT2D eigenvalue weighted by molar-refractivity contribution is -0.117. The standard InChI is InChI=1S/C70H60N18O14S4/c1-37(2)51-57-55(49(61(89)65(51)93)35-79-41-11-19-45(20-12-41)103(95,96)85-67-71-27-7-28-72-67)63(91)53(39(5)59(57)83-81-43-15-23-47(24-16-43)105(99,100)87-69-75-31-9-32-76-69)54-40(6)60(84-82-44-17-25-48(26-18-44)106(101,102)88-70-77-33-10-34-78-70)58-52(38(3)4)66(94)62(90)50(56(58)64(54)92)36-80-42-13-21-46(22-14-42)104(97,98)86-68-73-29-8-30-74-68/h7-38,79-82,93-94H,1-6H3,(H,71,72,85)(H,73,74,86)(H,75,76,87)(H,77,78,88)/b49-35-,50-36-,83-59+,84-60+. The second kappa shape index (κ2) is 29.4. The van der Waals surface area contributed by atoms with Crippen molar-refractivity contribution in [1.29, 1.82) is 0 Å². The van der Waals surface area contributed by atoms with E-state index in [0.717, 1.165) is 12.4 Å². The lowest BCUT2D eigenvalue weighted by Gasteiger charge is -2.35. The Morgan fingerprint density at radius 3 is 0.840 bits per heavy atom. The van der Waals surface area contributed by atoms with Gasteiger partial charge in [0.05, 0.1) is 53.5 Å². The van der Waals surface area contributed by atoms with Gasteiger partial charge >= 0.3 is 0 Å². The van der Waals surface area contributed by atoms with E-state index in [0.29, 0.717) is 0 Å². The Balaban J connectivity index is 1.03. The second-order valence-electron chi connectivity index (χ2n) is 24.0. The molecule has 10 N–H and O–H groups in total. The van der Waals surface area contributed by atoms with Crippen molar-refractivity contribution in [2.75, 3.05) is 40.4 Å². The number of ketones is 4. The third kappa shape index (κ3) is 14.8. The summed E-state index contributed by atoms with van der Waals surface area (Å²) in [4.78, 5) is 93.8. The van der Waals surface area contributed by atoms with E-state index >= 15 is 19.2 Å². The molecule has 4 heterocycles. The molecule has 4 aliphatic rings. The SMILES string of the molecule is CC1=C(C2=C(C)/C(=N\Nc3ccc(S(=O)(=O)Nc4ncccn4)cc3)C3=C(C2=O)/C(=C/Nc2ccc(S(=O)(=O)Nc4ncccn4)cc2)C(=O)C(O)=C3C(C)C)C(=O)C2=C(C(C(C)C)=C(O)C(=O)/C2=C\Nc2ccc(S(=O)(=O)Nc3ncccn3)cc2)/C1=N/Nc1ccc(S(=O)(=O)Nc2ncccn2)cc1. The molecule has 8 aromatic rings. The molecule has 0 bridgehead atoms. The number of sulfonamides is 4. The van der Waals surface area contributed by atoms with E-state index in [1.54, 1.807) is 27.7 Å². The summed E-state index contributed by atoms with van der Waals surface area (Å²) >= 11 is 0. The lowest BCUT2D eigenvalue weighted by Crippen LogP contribution is -2.38. The van der Waals surface area contributed by atoms with Gasteiger partial charge in [-0.05, 0) is 158 Å². The Kier molecular flexibility index (Phi) is 20.1. The lowest BCUT2D eigenvalue weighted by atomic mass is 9.66. The van der Waals surface area contributed by atoms with Crippen LogP contribution in [0.15, 0.2) is 291 Å². The number of carbonyl (C=O) groups excluding carboxylic acids is 4. The molecular weight excluding hydrogens is 1450 g/mol. The van der Waals surface area contributed by atoms with Crippen molar-refractivity contribution in [3.05, 3.63) is 262 Å². The van der Waals surface area contributed by atoms with E-state index in [1.165, 1.54) is 185 Å². The second-order valence-corrected chi connectivity index (χ2v) is 30.7. The molecule has 0 radical (unpaired) electrons. The monoisotopic (exact) mass is 1500 g/mol. The molecule has 0 unspecified atom stereocenters.